The Morgan fingerprint density at radius 2 is 1.83 bits per heavy atom. The van der Waals surface area contributed by atoms with Crippen LogP contribution in [0.1, 0.15) is 40.2 Å². The standard InChI is InChI=1S/C18H27NO3S2/c1-6-14-15-10-8-9-11-16(15)23-17(14)19(24(20,21)7-2)12-13-22-18(3,4)5/h8-11H,6-7,12-13H2,1-5H3. The van der Waals surface area contributed by atoms with Gasteiger partial charge in [0.25, 0.3) is 0 Å². The second kappa shape index (κ2) is 7.42. The van der Waals surface area contributed by atoms with Gasteiger partial charge < -0.3 is 4.74 Å². The quantitative estimate of drug-likeness (QED) is 0.725. The first-order valence-electron chi connectivity index (χ1n) is 8.34. The first-order valence-corrected chi connectivity index (χ1v) is 10.8. The Labute approximate surface area is 149 Å². The summed E-state index contributed by atoms with van der Waals surface area (Å²) in [6.07, 6.45) is 0.801. The Hall–Kier alpha value is -1.11. The Morgan fingerprint density at radius 1 is 1.17 bits per heavy atom. The number of nitrogens with zero attached hydrogens (tertiary/aromatic N) is 1. The molecule has 1 heterocycles. The van der Waals surface area contributed by atoms with Gasteiger partial charge in [0, 0.05) is 4.70 Å². The van der Waals surface area contributed by atoms with Gasteiger partial charge in [-0.2, -0.15) is 0 Å². The molecule has 0 radical (unpaired) electrons. The van der Waals surface area contributed by atoms with Crippen LogP contribution in [0.15, 0.2) is 24.3 Å². The number of fused-ring (bicyclic) bond motifs is 1. The van der Waals surface area contributed by atoms with Crippen molar-refractivity contribution in [3.05, 3.63) is 29.8 Å². The lowest BCUT2D eigenvalue weighted by Gasteiger charge is -2.26. The molecule has 1 aromatic heterocycles. The molecule has 0 aliphatic heterocycles. The van der Waals surface area contributed by atoms with Crippen molar-refractivity contribution < 1.29 is 13.2 Å². The first-order chi connectivity index (χ1) is 11.2. The van der Waals surface area contributed by atoms with Crippen LogP contribution in [0.25, 0.3) is 10.1 Å². The minimum atomic E-state index is -3.35. The van der Waals surface area contributed by atoms with E-state index < -0.39 is 10.0 Å². The summed E-state index contributed by atoms with van der Waals surface area (Å²) in [5, 5.41) is 1.98. The highest BCUT2D eigenvalue weighted by molar-refractivity contribution is 7.93. The van der Waals surface area contributed by atoms with E-state index in [1.54, 1.807) is 22.6 Å². The van der Waals surface area contributed by atoms with E-state index in [0.717, 1.165) is 27.1 Å². The number of benzene rings is 1. The van der Waals surface area contributed by atoms with Crippen molar-refractivity contribution in [1.29, 1.82) is 0 Å². The summed E-state index contributed by atoms with van der Waals surface area (Å²) >= 11 is 1.55. The van der Waals surface area contributed by atoms with E-state index in [-0.39, 0.29) is 11.4 Å². The molecule has 0 spiro atoms. The van der Waals surface area contributed by atoms with E-state index in [4.69, 9.17) is 4.74 Å². The van der Waals surface area contributed by atoms with Gasteiger partial charge in [0.15, 0.2) is 0 Å². The number of thiophene rings is 1. The largest absolute Gasteiger partial charge is 0.374 e. The summed E-state index contributed by atoms with van der Waals surface area (Å²) in [4.78, 5) is 0. The van der Waals surface area contributed by atoms with Crippen LogP contribution < -0.4 is 4.31 Å². The Kier molecular flexibility index (Phi) is 5.94. The summed E-state index contributed by atoms with van der Waals surface area (Å²) < 4.78 is 33.8. The van der Waals surface area contributed by atoms with Gasteiger partial charge in [-0.1, -0.05) is 25.1 Å². The third-order valence-corrected chi connectivity index (χ3v) is 6.91. The molecular weight excluding hydrogens is 342 g/mol. The lowest BCUT2D eigenvalue weighted by atomic mass is 10.1. The van der Waals surface area contributed by atoms with Crippen LogP contribution >= 0.6 is 11.3 Å². The van der Waals surface area contributed by atoms with Crippen molar-refractivity contribution in [2.24, 2.45) is 0 Å². The molecular formula is C18H27NO3S2. The Bertz CT molecular complexity index is 788. The normalized spacial score (nSPS) is 12.7. The molecule has 6 heteroatoms. The summed E-state index contributed by atoms with van der Waals surface area (Å²) in [5.74, 6) is 0.0833. The zero-order chi connectivity index (χ0) is 18.0. The molecule has 4 nitrogen and oxygen atoms in total. The monoisotopic (exact) mass is 369 g/mol. The van der Waals surface area contributed by atoms with E-state index in [2.05, 4.69) is 13.0 Å². The third kappa shape index (κ3) is 4.29. The number of ether oxygens (including phenoxy) is 1. The van der Waals surface area contributed by atoms with Crippen LogP contribution in [0.4, 0.5) is 5.00 Å². The molecule has 0 N–H and O–H groups in total. The van der Waals surface area contributed by atoms with Crippen LogP contribution in [0.3, 0.4) is 0 Å². The van der Waals surface area contributed by atoms with Gasteiger partial charge in [0.1, 0.15) is 5.00 Å². The highest BCUT2D eigenvalue weighted by atomic mass is 32.2. The smallest absolute Gasteiger partial charge is 0.235 e. The number of hydrogen-bond acceptors (Lipinski definition) is 4. The molecule has 24 heavy (non-hydrogen) atoms. The van der Waals surface area contributed by atoms with E-state index in [1.807, 2.05) is 39.0 Å². The Balaban J connectivity index is 2.44. The lowest BCUT2D eigenvalue weighted by molar-refractivity contribution is 0.00234. The van der Waals surface area contributed by atoms with Gasteiger partial charge in [-0.05, 0) is 51.1 Å². The van der Waals surface area contributed by atoms with Gasteiger partial charge in [-0.25, -0.2) is 8.42 Å². The van der Waals surface area contributed by atoms with Crippen LogP contribution in [-0.4, -0.2) is 32.9 Å². The average molecular weight is 370 g/mol. The highest BCUT2D eigenvalue weighted by Gasteiger charge is 2.26. The SMILES string of the molecule is CCc1c(N(CCOC(C)(C)C)S(=O)(=O)CC)sc2ccccc12. The van der Waals surface area contributed by atoms with Crippen LogP contribution in [0.5, 0.6) is 0 Å². The van der Waals surface area contributed by atoms with Gasteiger partial charge in [0.2, 0.25) is 10.0 Å². The van der Waals surface area contributed by atoms with Gasteiger partial charge in [-0.3, -0.25) is 4.31 Å². The highest BCUT2D eigenvalue weighted by Crippen LogP contribution is 2.39. The first kappa shape index (κ1) is 19.2. The van der Waals surface area contributed by atoms with Crippen molar-refractivity contribution in [1.82, 2.24) is 0 Å². The maximum absolute atomic E-state index is 12.7. The van der Waals surface area contributed by atoms with Gasteiger partial charge >= 0.3 is 0 Å². The van der Waals surface area contributed by atoms with Gasteiger partial charge in [-0.15, -0.1) is 11.3 Å². The fourth-order valence-corrected chi connectivity index (χ4v) is 5.29. The van der Waals surface area contributed by atoms with E-state index in [0.29, 0.717) is 13.2 Å². The predicted octanol–water partition coefficient (Wildman–Crippen LogP) is 4.43. The van der Waals surface area contributed by atoms with E-state index in [9.17, 15) is 8.42 Å². The topological polar surface area (TPSA) is 46.6 Å². The molecule has 0 atom stereocenters. The number of hydrogen-bond donors (Lipinski definition) is 0. The van der Waals surface area contributed by atoms with Crippen molar-refractivity contribution in [2.75, 3.05) is 23.2 Å². The molecule has 2 aromatic rings. The van der Waals surface area contributed by atoms with Crippen LogP contribution in [-0.2, 0) is 21.2 Å². The maximum Gasteiger partial charge on any atom is 0.235 e. The predicted molar refractivity (Wildman–Crippen MR) is 104 cm³/mol. The number of anilines is 1. The van der Waals surface area contributed by atoms with Crippen molar-refractivity contribution in [2.45, 2.75) is 46.6 Å². The zero-order valence-electron chi connectivity index (χ0n) is 15.1. The number of rotatable bonds is 7. The van der Waals surface area contributed by atoms with Gasteiger partial charge in [0.05, 0.1) is 24.5 Å². The molecule has 0 aliphatic rings. The summed E-state index contributed by atoms with van der Waals surface area (Å²) in [6.45, 7) is 10.4. The maximum atomic E-state index is 12.7. The molecule has 0 saturated heterocycles. The van der Waals surface area contributed by atoms with Crippen molar-refractivity contribution >= 4 is 36.4 Å². The minimum Gasteiger partial charge on any atom is -0.374 e. The molecule has 0 amide bonds. The van der Waals surface area contributed by atoms with E-state index >= 15 is 0 Å². The molecule has 134 valence electrons. The Morgan fingerprint density at radius 3 is 2.42 bits per heavy atom. The fraction of sp³-hybridized carbons (Fsp3) is 0.556. The molecule has 1 aromatic carbocycles. The minimum absolute atomic E-state index is 0.0833. The second-order valence-corrected chi connectivity index (χ2v) is 9.88. The van der Waals surface area contributed by atoms with Crippen LogP contribution in [0.2, 0.25) is 0 Å². The molecule has 0 unspecified atom stereocenters. The number of aryl methyl sites for hydroxylation is 1. The summed E-state index contributed by atoms with van der Waals surface area (Å²) in [6, 6.07) is 8.10. The fourth-order valence-electron chi connectivity index (χ4n) is 2.59. The van der Waals surface area contributed by atoms with Crippen molar-refractivity contribution in [3.63, 3.8) is 0 Å². The molecule has 2 rings (SSSR count). The molecule has 0 aliphatic carbocycles. The molecule has 0 fully saturated rings. The van der Waals surface area contributed by atoms with Crippen LogP contribution in [0, 0.1) is 0 Å². The number of sulfonamides is 1. The average Bonchev–Trinajstić information content (AvgIpc) is 2.88. The zero-order valence-corrected chi connectivity index (χ0v) is 16.8. The third-order valence-electron chi connectivity index (χ3n) is 3.79. The lowest BCUT2D eigenvalue weighted by Crippen LogP contribution is -2.36. The molecule has 0 saturated carbocycles. The summed E-state index contributed by atoms with van der Waals surface area (Å²) in [5.41, 5.74) is 0.818. The summed E-state index contributed by atoms with van der Waals surface area (Å²) in [7, 11) is -3.35. The van der Waals surface area contributed by atoms with E-state index in [1.165, 1.54) is 0 Å². The molecule has 0 bridgehead atoms. The second-order valence-electron chi connectivity index (χ2n) is 6.67. The van der Waals surface area contributed by atoms with Crippen molar-refractivity contribution in [3.8, 4) is 0 Å².